The molecule has 0 fully saturated rings. The van der Waals surface area contributed by atoms with E-state index in [9.17, 15) is 4.79 Å². The summed E-state index contributed by atoms with van der Waals surface area (Å²) in [5, 5.41) is 17.3. The van der Waals surface area contributed by atoms with E-state index in [4.69, 9.17) is 21.7 Å². The van der Waals surface area contributed by atoms with Gasteiger partial charge in [-0.3, -0.25) is 10.2 Å². The van der Waals surface area contributed by atoms with Gasteiger partial charge in [-0.05, 0) is 61.9 Å². The predicted molar refractivity (Wildman–Crippen MR) is 164 cm³/mol. The number of fused-ring (bicyclic) bond motifs is 2. The molecule has 6 rings (SSSR count). The number of halogens is 1. The molecule has 0 atom stereocenters. The molecule has 9 heteroatoms. The number of carbonyl (C=O) groups excluding carboxylic acids is 1. The number of rotatable bonds is 6. The van der Waals surface area contributed by atoms with E-state index in [1.807, 2.05) is 75.4 Å². The molecule has 200 valence electrons. The lowest BCUT2D eigenvalue weighted by molar-refractivity contribution is -0.114. The Balaban J connectivity index is 1.33. The third kappa shape index (κ3) is 4.53. The Kier molecular flexibility index (Phi) is 6.82. The van der Waals surface area contributed by atoms with Crippen LogP contribution in [0.5, 0.6) is 5.75 Å². The van der Waals surface area contributed by atoms with E-state index >= 15 is 0 Å². The summed E-state index contributed by atoms with van der Waals surface area (Å²) in [7, 11) is 0. The smallest absolute Gasteiger partial charge is 0.283 e. The minimum atomic E-state index is -0.464. The number of hydrazone groups is 1. The van der Waals surface area contributed by atoms with Gasteiger partial charge in [0.15, 0.2) is 5.84 Å². The second-order valence-corrected chi connectivity index (χ2v) is 11.0. The first-order chi connectivity index (χ1) is 19.3. The molecule has 1 aromatic heterocycles. The number of thioether (sulfide) groups is 1. The van der Waals surface area contributed by atoms with Crippen molar-refractivity contribution in [1.82, 2.24) is 9.58 Å². The number of hydrogen-bond donors (Lipinski definition) is 1. The summed E-state index contributed by atoms with van der Waals surface area (Å²) >= 11 is 7.60. The Morgan fingerprint density at radius 3 is 2.50 bits per heavy atom. The van der Waals surface area contributed by atoms with Crippen LogP contribution in [0.15, 0.2) is 82.4 Å². The summed E-state index contributed by atoms with van der Waals surface area (Å²) in [6, 6.07) is 21.6. The van der Waals surface area contributed by atoms with Crippen molar-refractivity contribution in [2.75, 3.05) is 6.61 Å². The van der Waals surface area contributed by atoms with Crippen LogP contribution in [0.3, 0.4) is 0 Å². The molecule has 2 aliphatic heterocycles. The summed E-state index contributed by atoms with van der Waals surface area (Å²) in [6.07, 6.45) is 1.76. The molecular formula is C31H26ClN5O2S. The average molecular weight is 568 g/mol. The summed E-state index contributed by atoms with van der Waals surface area (Å²) in [4.78, 5) is 17.4. The molecule has 1 amide bonds. The fraction of sp³-hybridized carbons (Fsp3) is 0.161. The number of amidine groups is 2. The molecule has 4 aromatic rings. The van der Waals surface area contributed by atoms with Gasteiger partial charge in [0.2, 0.25) is 5.17 Å². The third-order valence-corrected chi connectivity index (χ3v) is 8.37. The number of nitrogens with zero attached hydrogens (tertiary/aromatic N) is 4. The molecule has 2 aliphatic rings. The lowest BCUT2D eigenvalue weighted by Gasteiger charge is -2.20. The lowest BCUT2D eigenvalue weighted by atomic mass is 10.1. The molecule has 0 aliphatic carbocycles. The van der Waals surface area contributed by atoms with Crippen molar-refractivity contribution in [3.8, 4) is 5.75 Å². The quantitative estimate of drug-likeness (QED) is 0.255. The summed E-state index contributed by atoms with van der Waals surface area (Å²) in [5.74, 6) is 0.433. The zero-order valence-electron chi connectivity index (χ0n) is 22.2. The fourth-order valence-electron chi connectivity index (χ4n) is 5.07. The number of ether oxygens (including phenoxy) is 1. The Hall–Kier alpha value is -4.14. The maximum Gasteiger partial charge on any atom is 0.283 e. The maximum absolute atomic E-state index is 13.2. The monoisotopic (exact) mass is 567 g/mol. The van der Waals surface area contributed by atoms with Gasteiger partial charge in [0.25, 0.3) is 5.91 Å². The van der Waals surface area contributed by atoms with Gasteiger partial charge in [0, 0.05) is 27.7 Å². The van der Waals surface area contributed by atoms with Crippen LogP contribution in [0.4, 0.5) is 0 Å². The largest absolute Gasteiger partial charge is 0.491 e. The van der Waals surface area contributed by atoms with Crippen LogP contribution in [-0.2, 0) is 11.3 Å². The first kappa shape index (κ1) is 26.1. The molecule has 3 heterocycles. The van der Waals surface area contributed by atoms with E-state index in [1.165, 1.54) is 16.8 Å². The molecule has 1 N–H and O–H groups in total. The SMILES string of the molecule is Cc1cccc(C)c1OCCn1c(C)c(/C=C2/C(=N)N3N=C(c4ccccc4Cl)SC3=NC2=O)c2ccccc21. The van der Waals surface area contributed by atoms with Crippen LogP contribution < -0.4 is 4.74 Å². The topological polar surface area (TPSA) is 83.0 Å². The second kappa shape index (κ2) is 10.4. The van der Waals surface area contributed by atoms with Crippen LogP contribution in [0.2, 0.25) is 5.02 Å². The van der Waals surface area contributed by atoms with Gasteiger partial charge in [-0.1, -0.05) is 66.2 Å². The molecule has 0 bridgehead atoms. The van der Waals surface area contributed by atoms with E-state index in [0.29, 0.717) is 28.4 Å². The number of benzene rings is 3. The van der Waals surface area contributed by atoms with E-state index in [-0.39, 0.29) is 11.4 Å². The molecule has 0 radical (unpaired) electrons. The van der Waals surface area contributed by atoms with Gasteiger partial charge >= 0.3 is 0 Å². The minimum absolute atomic E-state index is 0.0147. The molecule has 40 heavy (non-hydrogen) atoms. The number of aryl methyl sites for hydroxylation is 2. The standard InChI is InChI=1S/C31H26ClN5O2S/c1-18-9-8-10-19(2)27(18)39-16-15-36-20(3)23(21-11-5-7-14-26(21)36)17-24-28(33)37-31(34-29(24)38)40-30(35-37)22-12-4-6-13-25(22)32/h4-14,17,33H,15-16H2,1-3H3/b24-17-,33-28?. The van der Waals surface area contributed by atoms with Gasteiger partial charge < -0.3 is 9.30 Å². The van der Waals surface area contributed by atoms with Crippen molar-refractivity contribution < 1.29 is 9.53 Å². The van der Waals surface area contributed by atoms with E-state index in [2.05, 4.69) is 20.7 Å². The third-order valence-electron chi connectivity index (χ3n) is 7.10. The molecule has 0 spiro atoms. The molecule has 0 unspecified atom stereocenters. The fourth-order valence-corrected chi connectivity index (χ4v) is 6.29. The molecule has 0 saturated carbocycles. The number of amides is 1. The predicted octanol–water partition coefficient (Wildman–Crippen LogP) is 6.97. The van der Waals surface area contributed by atoms with E-state index < -0.39 is 5.91 Å². The Labute approximate surface area is 241 Å². The van der Waals surface area contributed by atoms with Crippen molar-refractivity contribution in [2.45, 2.75) is 27.3 Å². The van der Waals surface area contributed by atoms with Crippen LogP contribution in [0.25, 0.3) is 17.0 Å². The van der Waals surface area contributed by atoms with E-state index in [0.717, 1.165) is 44.6 Å². The molecule has 3 aromatic carbocycles. The number of para-hydroxylation sites is 2. The normalized spacial score (nSPS) is 16.0. The van der Waals surface area contributed by atoms with Crippen molar-refractivity contribution in [3.05, 3.63) is 105 Å². The highest BCUT2D eigenvalue weighted by Gasteiger charge is 2.36. The number of aromatic nitrogens is 1. The van der Waals surface area contributed by atoms with Crippen molar-refractivity contribution in [1.29, 1.82) is 5.41 Å². The van der Waals surface area contributed by atoms with Gasteiger partial charge in [0.1, 0.15) is 17.4 Å². The first-order valence-corrected chi connectivity index (χ1v) is 14.0. The summed E-state index contributed by atoms with van der Waals surface area (Å²) in [5.41, 5.74) is 6.02. The number of nitrogens with one attached hydrogen (secondary N) is 1. The number of carbonyl (C=O) groups is 1. The maximum atomic E-state index is 13.2. The van der Waals surface area contributed by atoms with Crippen molar-refractivity contribution in [3.63, 3.8) is 0 Å². The number of aliphatic imine (C=N–C) groups is 1. The zero-order chi connectivity index (χ0) is 28.0. The Morgan fingerprint density at radius 1 is 1.00 bits per heavy atom. The Morgan fingerprint density at radius 2 is 1.73 bits per heavy atom. The van der Waals surface area contributed by atoms with Gasteiger partial charge in [0.05, 0.1) is 17.1 Å². The molecule has 0 saturated heterocycles. The van der Waals surface area contributed by atoms with Crippen LogP contribution in [-0.4, -0.2) is 38.1 Å². The molecule has 7 nitrogen and oxygen atoms in total. The highest BCUT2D eigenvalue weighted by molar-refractivity contribution is 8.27. The summed E-state index contributed by atoms with van der Waals surface area (Å²) < 4.78 is 8.39. The summed E-state index contributed by atoms with van der Waals surface area (Å²) in [6.45, 7) is 7.25. The number of hydrogen-bond acceptors (Lipinski definition) is 5. The average Bonchev–Trinajstić information content (AvgIpc) is 3.47. The van der Waals surface area contributed by atoms with Gasteiger partial charge in [-0.25, -0.2) is 0 Å². The highest BCUT2D eigenvalue weighted by atomic mass is 35.5. The van der Waals surface area contributed by atoms with Gasteiger partial charge in [-0.2, -0.15) is 15.1 Å². The van der Waals surface area contributed by atoms with Crippen molar-refractivity contribution >= 4 is 62.3 Å². The van der Waals surface area contributed by atoms with Crippen LogP contribution in [0, 0.1) is 26.2 Å². The van der Waals surface area contributed by atoms with Crippen LogP contribution >= 0.6 is 23.4 Å². The zero-order valence-corrected chi connectivity index (χ0v) is 23.8. The molecular weight excluding hydrogens is 542 g/mol. The first-order valence-electron chi connectivity index (χ1n) is 12.9. The van der Waals surface area contributed by atoms with Crippen LogP contribution in [0.1, 0.15) is 27.9 Å². The Bertz CT molecular complexity index is 1780. The second-order valence-electron chi connectivity index (χ2n) is 9.64. The lowest BCUT2D eigenvalue weighted by Crippen LogP contribution is -2.35. The highest BCUT2D eigenvalue weighted by Crippen LogP contribution is 2.35. The van der Waals surface area contributed by atoms with Crippen molar-refractivity contribution in [2.24, 2.45) is 10.1 Å². The minimum Gasteiger partial charge on any atom is -0.491 e. The van der Waals surface area contributed by atoms with Gasteiger partial charge in [-0.15, -0.1) is 0 Å². The van der Waals surface area contributed by atoms with E-state index in [1.54, 1.807) is 12.1 Å².